The van der Waals surface area contributed by atoms with Gasteiger partial charge < -0.3 is 36.9 Å². The van der Waals surface area contributed by atoms with E-state index in [0.29, 0.717) is 39.3 Å². The number of Topliss-reactive ketones (excluding diaryl/α,β-unsaturated/α-hetero) is 3. The fourth-order valence-electron chi connectivity index (χ4n) is 8.74. The number of likely N-dealkylation sites (N-methyl/N-ethyl adjacent to an activating group) is 1. The SMILES string of the molecule is C[C@@H]1CC(=O)[C@@H](N(C)C(=O)[C@H](CCN)CC(=O)c2ccc(-c3ccc4c(c3)CCCC4)cc2)c2ccc(OCCN)c(c2)-c2cc(ccc2OCCN)C[C@@H](C(=O)CCC#N)NC1=O. The van der Waals surface area contributed by atoms with Crippen molar-refractivity contribution in [3.8, 4) is 39.8 Å². The zero-order valence-electron chi connectivity index (χ0n) is 36.9. The van der Waals surface area contributed by atoms with E-state index < -0.39 is 41.5 Å². The van der Waals surface area contributed by atoms with Crippen molar-refractivity contribution in [2.45, 2.75) is 83.2 Å². The minimum Gasteiger partial charge on any atom is -0.492 e. The molecule has 2 aliphatic rings. The molecule has 13 heteroatoms. The van der Waals surface area contributed by atoms with Gasteiger partial charge in [-0.25, -0.2) is 0 Å². The number of hydrogen-bond acceptors (Lipinski definition) is 11. The summed E-state index contributed by atoms with van der Waals surface area (Å²) in [5.74, 6) is -2.84. The van der Waals surface area contributed by atoms with Crippen molar-refractivity contribution in [3.63, 3.8) is 0 Å². The van der Waals surface area contributed by atoms with Gasteiger partial charge in [-0.3, -0.25) is 24.0 Å². The Labute approximate surface area is 375 Å². The van der Waals surface area contributed by atoms with E-state index in [4.69, 9.17) is 26.7 Å². The van der Waals surface area contributed by atoms with E-state index >= 15 is 0 Å². The number of aryl methyl sites for hydroxylation is 2. The van der Waals surface area contributed by atoms with Crippen molar-refractivity contribution in [3.05, 3.63) is 107 Å². The van der Waals surface area contributed by atoms with Crippen LogP contribution in [0.4, 0.5) is 0 Å². The summed E-state index contributed by atoms with van der Waals surface area (Å²) in [6, 6.07) is 24.4. The third-order valence-electron chi connectivity index (χ3n) is 12.2. The molecule has 6 rings (SSSR count). The highest BCUT2D eigenvalue weighted by Gasteiger charge is 2.36. The van der Waals surface area contributed by atoms with Gasteiger partial charge in [-0.2, -0.15) is 5.26 Å². The van der Waals surface area contributed by atoms with Crippen LogP contribution in [0, 0.1) is 23.2 Å². The van der Waals surface area contributed by atoms with Crippen LogP contribution in [-0.4, -0.2) is 80.0 Å². The highest BCUT2D eigenvalue weighted by Crippen LogP contribution is 2.41. The normalized spacial score (nSPS) is 17.8. The van der Waals surface area contributed by atoms with Crippen molar-refractivity contribution in [2.75, 3.05) is 39.9 Å². The van der Waals surface area contributed by atoms with Crippen LogP contribution >= 0.6 is 0 Å². The van der Waals surface area contributed by atoms with Gasteiger partial charge in [-0.15, -0.1) is 0 Å². The second-order valence-corrected chi connectivity index (χ2v) is 16.8. The van der Waals surface area contributed by atoms with E-state index in [1.54, 1.807) is 49.4 Å². The number of fused-ring (bicyclic) bond motifs is 6. The summed E-state index contributed by atoms with van der Waals surface area (Å²) in [4.78, 5) is 71.9. The number of ketones is 3. The molecule has 1 aliphatic heterocycles. The maximum absolute atomic E-state index is 14.7. The molecule has 4 atom stereocenters. The van der Waals surface area contributed by atoms with Crippen LogP contribution in [-0.2, 0) is 38.4 Å². The summed E-state index contributed by atoms with van der Waals surface area (Å²) < 4.78 is 12.3. The number of carbonyl (C=O) groups excluding carboxylic acids is 5. The third-order valence-corrected chi connectivity index (χ3v) is 12.2. The molecular formula is C51H60N6O7. The summed E-state index contributed by atoms with van der Waals surface area (Å²) in [6.07, 6.45) is 4.35. The lowest BCUT2D eigenvalue weighted by atomic mass is 9.88. The van der Waals surface area contributed by atoms with E-state index in [1.165, 1.54) is 35.9 Å². The van der Waals surface area contributed by atoms with E-state index in [-0.39, 0.29) is 82.9 Å². The predicted octanol–water partition coefficient (Wildman–Crippen LogP) is 5.82. The lowest BCUT2D eigenvalue weighted by Gasteiger charge is -2.32. The fraction of sp³-hybridized carbons (Fsp3) is 0.412. The van der Waals surface area contributed by atoms with E-state index in [0.717, 1.165) is 24.0 Å². The molecule has 1 aliphatic carbocycles. The number of amides is 2. The topological polar surface area (TPSA) is 221 Å². The molecule has 336 valence electrons. The maximum Gasteiger partial charge on any atom is 0.226 e. The summed E-state index contributed by atoms with van der Waals surface area (Å²) in [5.41, 5.74) is 25.3. The summed E-state index contributed by atoms with van der Waals surface area (Å²) in [7, 11) is 1.53. The molecule has 0 saturated heterocycles. The van der Waals surface area contributed by atoms with Gasteiger partial charge in [0.05, 0.1) is 12.1 Å². The average molecular weight is 869 g/mol. The smallest absolute Gasteiger partial charge is 0.226 e. The summed E-state index contributed by atoms with van der Waals surface area (Å²) >= 11 is 0. The number of nitrogens with one attached hydrogen (secondary N) is 1. The minimum absolute atomic E-state index is 0.0222. The van der Waals surface area contributed by atoms with E-state index in [9.17, 15) is 29.2 Å². The molecule has 4 aromatic carbocycles. The lowest BCUT2D eigenvalue weighted by molar-refractivity contribution is -0.142. The van der Waals surface area contributed by atoms with E-state index in [1.807, 2.05) is 24.3 Å². The number of hydrogen-bond donors (Lipinski definition) is 4. The van der Waals surface area contributed by atoms with Crippen LogP contribution in [0.3, 0.4) is 0 Å². The molecule has 0 aromatic heterocycles. The molecule has 4 aromatic rings. The van der Waals surface area contributed by atoms with Gasteiger partial charge in [0.15, 0.2) is 17.3 Å². The largest absolute Gasteiger partial charge is 0.492 e. The standard InChI is InChI=1S/C51H60N6O7/c1-32-26-46(60)49(57(2)51(62)40(19-21-53)31-45(59)36-13-10-35(11-14-36)38-15-12-34-6-3-4-7-37(34)29-38)39-16-18-48(64-25-23-55)42(30-39)41-27-33(9-17-47(41)63-24-22-54)28-43(56-50(32)61)44(58)8-5-20-52/h9-18,27,29-30,32,40,43,49H,3-8,19,21-26,28,31,53-55H2,1-2H3,(H,56,61)/t32-,40-,43+,49+/m1/s1. The Bertz CT molecular complexity index is 2370. The van der Waals surface area contributed by atoms with Crippen molar-refractivity contribution in [2.24, 2.45) is 29.0 Å². The monoisotopic (exact) mass is 868 g/mol. The second kappa shape index (κ2) is 22.4. The molecule has 1 heterocycles. The highest BCUT2D eigenvalue weighted by atomic mass is 16.5. The van der Waals surface area contributed by atoms with Gasteiger partial charge in [0, 0.05) is 74.3 Å². The minimum atomic E-state index is -1.20. The number of nitriles is 1. The zero-order chi connectivity index (χ0) is 45.8. The quantitative estimate of drug-likeness (QED) is 0.0926. The summed E-state index contributed by atoms with van der Waals surface area (Å²) in [5, 5.41) is 12.1. The Hall–Kier alpha value is -6.20. The molecule has 64 heavy (non-hydrogen) atoms. The molecular weight excluding hydrogens is 809 g/mol. The molecule has 2 amide bonds. The molecule has 4 bridgehead atoms. The Balaban J connectivity index is 1.36. The molecule has 0 spiro atoms. The van der Waals surface area contributed by atoms with Crippen LogP contribution in [0.1, 0.15) is 90.5 Å². The third kappa shape index (κ3) is 11.5. The van der Waals surface area contributed by atoms with Gasteiger partial charge in [0.25, 0.3) is 0 Å². The zero-order valence-corrected chi connectivity index (χ0v) is 36.9. The number of carbonyl (C=O) groups is 5. The average Bonchev–Trinajstić information content (AvgIpc) is 3.31. The molecule has 7 N–H and O–H groups in total. The van der Waals surface area contributed by atoms with Crippen LogP contribution in [0.5, 0.6) is 11.5 Å². The Morgan fingerprint density at radius 2 is 1.47 bits per heavy atom. The predicted molar refractivity (Wildman–Crippen MR) is 245 cm³/mol. The number of ether oxygens (including phenoxy) is 2. The van der Waals surface area contributed by atoms with Gasteiger partial charge in [-0.1, -0.05) is 61.5 Å². The highest BCUT2D eigenvalue weighted by molar-refractivity contribution is 6.00. The lowest BCUT2D eigenvalue weighted by Crippen LogP contribution is -2.46. The van der Waals surface area contributed by atoms with Gasteiger partial charge >= 0.3 is 0 Å². The number of rotatable bonds is 17. The van der Waals surface area contributed by atoms with Crippen molar-refractivity contribution < 1.29 is 33.4 Å². The van der Waals surface area contributed by atoms with E-state index in [2.05, 4.69) is 23.5 Å². The van der Waals surface area contributed by atoms with Crippen LogP contribution in [0.25, 0.3) is 22.3 Å². The van der Waals surface area contributed by atoms with Crippen LogP contribution < -0.4 is 32.0 Å². The second-order valence-electron chi connectivity index (χ2n) is 16.8. The Morgan fingerprint density at radius 1 is 0.812 bits per heavy atom. The van der Waals surface area contributed by atoms with Crippen molar-refractivity contribution >= 4 is 29.2 Å². The number of nitrogens with two attached hydrogens (primary N) is 3. The molecule has 13 nitrogen and oxygen atoms in total. The van der Waals surface area contributed by atoms with Gasteiger partial charge in [0.1, 0.15) is 30.8 Å². The first-order valence-electron chi connectivity index (χ1n) is 22.3. The number of benzene rings is 4. The maximum atomic E-state index is 14.7. The van der Waals surface area contributed by atoms with Gasteiger partial charge in [0.2, 0.25) is 11.8 Å². The fourth-order valence-corrected chi connectivity index (χ4v) is 8.74. The number of nitrogens with zero attached hydrogens (tertiary/aromatic N) is 2. The van der Waals surface area contributed by atoms with Crippen LogP contribution in [0.15, 0.2) is 78.9 Å². The van der Waals surface area contributed by atoms with Gasteiger partial charge in [-0.05, 0) is 103 Å². The van der Waals surface area contributed by atoms with Crippen molar-refractivity contribution in [1.82, 2.24) is 10.2 Å². The summed E-state index contributed by atoms with van der Waals surface area (Å²) in [6.45, 7) is 2.54. The molecule has 0 saturated carbocycles. The van der Waals surface area contributed by atoms with Crippen LogP contribution in [0.2, 0.25) is 0 Å². The molecule has 0 radical (unpaired) electrons. The molecule has 0 fully saturated rings. The first-order chi connectivity index (χ1) is 31.0. The molecule has 0 unspecified atom stereocenters. The Kier molecular flexibility index (Phi) is 16.6. The Morgan fingerprint density at radius 3 is 2.14 bits per heavy atom. The first kappa shape index (κ1) is 47.3. The first-order valence-corrected chi connectivity index (χ1v) is 22.3. The van der Waals surface area contributed by atoms with Crippen molar-refractivity contribution in [1.29, 1.82) is 5.26 Å².